The Bertz CT molecular complexity index is 468. The lowest BCUT2D eigenvalue weighted by Gasteiger charge is -2.35. The lowest BCUT2D eigenvalue weighted by Crippen LogP contribution is -2.63. The summed E-state index contributed by atoms with van der Waals surface area (Å²) in [6, 6.07) is 0. The van der Waals surface area contributed by atoms with E-state index in [1.165, 1.54) is 0 Å². The predicted octanol–water partition coefficient (Wildman–Crippen LogP) is 4.30. The van der Waals surface area contributed by atoms with Crippen molar-refractivity contribution in [1.29, 1.82) is 0 Å². The first-order valence-corrected chi connectivity index (χ1v) is 5.61. The van der Waals surface area contributed by atoms with Crippen LogP contribution in [0.3, 0.4) is 0 Å². The molecule has 0 fully saturated rings. The van der Waals surface area contributed by atoms with Crippen LogP contribution in [0.5, 0.6) is 0 Å². The third kappa shape index (κ3) is 3.89. The summed E-state index contributed by atoms with van der Waals surface area (Å²) in [5.41, 5.74) is -0.518. The van der Waals surface area contributed by atoms with Crippen LogP contribution in [0.25, 0.3) is 0 Å². The van der Waals surface area contributed by atoms with Crippen molar-refractivity contribution in [2.75, 3.05) is 0 Å². The molecule has 0 spiro atoms. The highest BCUT2D eigenvalue weighted by atomic mass is 19.4. The van der Waals surface area contributed by atoms with Gasteiger partial charge in [-0.3, -0.25) is 0 Å². The van der Waals surface area contributed by atoms with Gasteiger partial charge in [0.2, 0.25) is 6.17 Å². The third-order valence-electron chi connectivity index (χ3n) is 2.61. The first-order valence-electron chi connectivity index (χ1n) is 5.61. The molecule has 0 aromatic rings. The Morgan fingerprint density at radius 2 is 1.39 bits per heavy atom. The van der Waals surface area contributed by atoms with Crippen LogP contribution in [0, 0.1) is 0 Å². The topological polar surface area (TPSA) is 26.3 Å². The Morgan fingerprint density at radius 1 is 1.00 bits per heavy atom. The smallest absolute Gasteiger partial charge is 0.453 e. The van der Waals surface area contributed by atoms with Crippen molar-refractivity contribution < 1.29 is 53.4 Å². The number of ether oxygens (including phenoxy) is 1. The second-order valence-electron chi connectivity index (χ2n) is 4.56. The fraction of sp³-hybridized carbons (Fsp3) is 0.727. The quantitative estimate of drug-likeness (QED) is 0.399. The van der Waals surface area contributed by atoms with Gasteiger partial charge in [0.25, 0.3) is 0 Å². The van der Waals surface area contributed by atoms with Crippen LogP contribution < -0.4 is 0 Å². The zero-order valence-corrected chi connectivity index (χ0v) is 11.5. The molecule has 0 rings (SSSR count). The molecule has 0 N–H and O–H groups in total. The SMILES string of the molecule is C=C(C)C(=O)OC(C)C(F)(F)C(F)C(F)(F)C(F)(F)C(F)(F)F. The average molecular weight is 364 g/mol. The predicted molar refractivity (Wildman–Crippen MR) is 56.2 cm³/mol. The molecule has 0 saturated heterocycles. The number of carbonyl (C=O) groups excluding carboxylic acids is 1. The summed E-state index contributed by atoms with van der Waals surface area (Å²) >= 11 is 0. The van der Waals surface area contributed by atoms with Crippen molar-refractivity contribution in [3.05, 3.63) is 12.2 Å². The van der Waals surface area contributed by atoms with Crippen LogP contribution in [0.4, 0.5) is 43.9 Å². The van der Waals surface area contributed by atoms with Gasteiger partial charge < -0.3 is 4.74 Å². The van der Waals surface area contributed by atoms with Crippen LogP contribution in [0.15, 0.2) is 12.2 Å². The Kier molecular flexibility index (Phi) is 5.79. The van der Waals surface area contributed by atoms with Crippen molar-refractivity contribution in [2.45, 2.75) is 50.1 Å². The Hall–Kier alpha value is -1.49. The fourth-order valence-electron chi connectivity index (χ4n) is 1.14. The van der Waals surface area contributed by atoms with E-state index in [-0.39, 0.29) is 6.92 Å². The van der Waals surface area contributed by atoms with Crippen LogP contribution in [0.1, 0.15) is 13.8 Å². The van der Waals surface area contributed by atoms with Gasteiger partial charge in [-0.2, -0.15) is 39.5 Å². The summed E-state index contributed by atoms with van der Waals surface area (Å²) in [6.07, 6.45) is -15.3. The van der Waals surface area contributed by atoms with Crippen molar-refractivity contribution >= 4 is 5.97 Å². The first kappa shape index (κ1) is 21.5. The summed E-state index contributed by atoms with van der Waals surface area (Å²) in [5, 5.41) is 0. The molecule has 0 aliphatic carbocycles. The highest BCUT2D eigenvalue weighted by Gasteiger charge is 2.79. The molecule has 23 heavy (non-hydrogen) atoms. The van der Waals surface area contributed by atoms with E-state index in [1.54, 1.807) is 0 Å². The van der Waals surface area contributed by atoms with E-state index in [1.807, 2.05) is 0 Å². The maximum absolute atomic E-state index is 13.4. The number of alkyl halides is 10. The minimum atomic E-state index is -7.07. The molecule has 0 saturated carbocycles. The van der Waals surface area contributed by atoms with Gasteiger partial charge in [0, 0.05) is 5.57 Å². The number of hydrogen-bond acceptors (Lipinski definition) is 2. The Morgan fingerprint density at radius 3 is 1.70 bits per heavy atom. The molecule has 2 nitrogen and oxygen atoms in total. The van der Waals surface area contributed by atoms with Crippen LogP contribution in [-0.2, 0) is 9.53 Å². The van der Waals surface area contributed by atoms with Gasteiger partial charge in [-0.25, -0.2) is 9.18 Å². The van der Waals surface area contributed by atoms with Gasteiger partial charge in [-0.1, -0.05) is 6.58 Å². The number of esters is 1. The van der Waals surface area contributed by atoms with E-state index >= 15 is 0 Å². The van der Waals surface area contributed by atoms with Gasteiger partial charge in [-0.05, 0) is 13.8 Å². The molecule has 0 heterocycles. The van der Waals surface area contributed by atoms with Gasteiger partial charge in [0.15, 0.2) is 6.10 Å². The van der Waals surface area contributed by atoms with Crippen molar-refractivity contribution in [1.82, 2.24) is 0 Å². The number of halogens is 10. The van der Waals surface area contributed by atoms with Crippen molar-refractivity contribution in [3.63, 3.8) is 0 Å². The molecule has 0 aromatic heterocycles. The fourth-order valence-corrected chi connectivity index (χ4v) is 1.14. The van der Waals surface area contributed by atoms with E-state index in [0.717, 1.165) is 6.92 Å². The summed E-state index contributed by atoms with van der Waals surface area (Å²) < 4.78 is 130. The zero-order chi connectivity index (χ0) is 19.0. The maximum Gasteiger partial charge on any atom is 0.459 e. The van der Waals surface area contributed by atoms with Gasteiger partial charge in [-0.15, -0.1) is 0 Å². The number of hydrogen-bond donors (Lipinski definition) is 0. The normalized spacial score (nSPS) is 16.7. The van der Waals surface area contributed by atoms with Crippen molar-refractivity contribution in [3.8, 4) is 0 Å². The first-order chi connectivity index (χ1) is 9.90. The molecule has 0 aliphatic heterocycles. The molecular weight excluding hydrogens is 354 g/mol. The molecule has 0 radical (unpaired) electrons. The Balaban J connectivity index is 5.58. The van der Waals surface area contributed by atoms with Crippen molar-refractivity contribution in [2.24, 2.45) is 0 Å². The molecule has 2 atom stereocenters. The van der Waals surface area contributed by atoms with Crippen LogP contribution >= 0.6 is 0 Å². The lowest BCUT2D eigenvalue weighted by molar-refractivity contribution is -0.380. The zero-order valence-electron chi connectivity index (χ0n) is 11.5. The largest absolute Gasteiger partial charge is 0.459 e. The highest BCUT2D eigenvalue weighted by molar-refractivity contribution is 5.87. The lowest BCUT2D eigenvalue weighted by atomic mass is 9.97. The van der Waals surface area contributed by atoms with E-state index in [0.29, 0.717) is 0 Å². The molecule has 0 aromatic carbocycles. The summed E-state index contributed by atoms with van der Waals surface area (Å²) in [6.45, 7) is 4.01. The standard InChI is InChI=1S/C11H10F10O2/c1-4(2)6(22)23-5(3)8(13,14)7(12)9(15,16)10(17,18)11(19,20)21/h5,7H,1H2,2-3H3. The minimum Gasteiger partial charge on any atom is -0.453 e. The molecule has 136 valence electrons. The van der Waals surface area contributed by atoms with E-state index in [4.69, 9.17) is 0 Å². The summed E-state index contributed by atoms with van der Waals surface area (Å²) in [5.74, 6) is -21.0. The van der Waals surface area contributed by atoms with Crippen LogP contribution in [-0.4, -0.2) is 42.2 Å². The highest BCUT2D eigenvalue weighted by Crippen LogP contribution is 2.52. The molecular formula is C11H10F10O2. The second-order valence-corrected chi connectivity index (χ2v) is 4.56. The molecule has 2 unspecified atom stereocenters. The average Bonchev–Trinajstić information content (AvgIpc) is 2.35. The van der Waals surface area contributed by atoms with E-state index in [9.17, 15) is 48.7 Å². The number of rotatable bonds is 6. The van der Waals surface area contributed by atoms with Gasteiger partial charge in [0.05, 0.1) is 0 Å². The molecule has 0 bridgehead atoms. The summed E-state index contributed by atoms with van der Waals surface area (Å²) in [4.78, 5) is 10.9. The maximum atomic E-state index is 13.4. The monoisotopic (exact) mass is 364 g/mol. The molecule has 0 amide bonds. The van der Waals surface area contributed by atoms with Gasteiger partial charge >= 0.3 is 29.9 Å². The minimum absolute atomic E-state index is 0.148. The van der Waals surface area contributed by atoms with Gasteiger partial charge in [0.1, 0.15) is 0 Å². The Labute approximate surface area is 123 Å². The second kappa shape index (κ2) is 6.19. The third-order valence-corrected chi connectivity index (χ3v) is 2.61. The van der Waals surface area contributed by atoms with E-state index in [2.05, 4.69) is 11.3 Å². The number of carbonyl (C=O) groups is 1. The molecule has 0 aliphatic rings. The summed E-state index contributed by atoms with van der Waals surface area (Å²) in [7, 11) is 0. The van der Waals surface area contributed by atoms with Crippen LogP contribution in [0.2, 0.25) is 0 Å². The van der Waals surface area contributed by atoms with E-state index < -0.39 is 47.8 Å². The molecule has 12 heteroatoms.